The van der Waals surface area contributed by atoms with Gasteiger partial charge in [-0.1, -0.05) is 23.8 Å². The zero-order chi connectivity index (χ0) is 20.1. The number of hydrogen-bond donors (Lipinski definition) is 2. The molecule has 0 bridgehead atoms. The topological polar surface area (TPSA) is 79.8 Å². The summed E-state index contributed by atoms with van der Waals surface area (Å²) in [5.41, 5.74) is 5.00. The largest absolute Gasteiger partial charge is 0.444 e. The Hall–Kier alpha value is -3.61. The van der Waals surface area contributed by atoms with Crippen molar-refractivity contribution in [2.45, 2.75) is 19.9 Å². The lowest BCUT2D eigenvalue weighted by Crippen LogP contribution is -2.37. The van der Waals surface area contributed by atoms with E-state index in [2.05, 4.69) is 38.7 Å². The van der Waals surface area contributed by atoms with Gasteiger partial charge in [0.15, 0.2) is 5.96 Å². The standard InChI is InChI=1S/C22H24N6O/c1-16-6-8-17(9-7-16)21-27-19(15-29-21)13-25-22(23-2)24-11-10-18-14-28-12-4-3-5-20(28)26-18/h3-9,12,14-15H,10-11,13H2,1-2H3,(H2,23,24,25). The summed E-state index contributed by atoms with van der Waals surface area (Å²) in [4.78, 5) is 13.4. The minimum Gasteiger partial charge on any atom is -0.444 e. The van der Waals surface area contributed by atoms with Crippen LogP contribution in [-0.4, -0.2) is 33.9 Å². The van der Waals surface area contributed by atoms with Crippen LogP contribution in [0.4, 0.5) is 0 Å². The second-order valence-corrected chi connectivity index (χ2v) is 6.81. The van der Waals surface area contributed by atoms with Crippen LogP contribution in [0, 0.1) is 6.92 Å². The van der Waals surface area contributed by atoms with Crippen molar-refractivity contribution >= 4 is 11.6 Å². The van der Waals surface area contributed by atoms with Crippen LogP contribution >= 0.6 is 0 Å². The number of aromatic nitrogens is 3. The summed E-state index contributed by atoms with van der Waals surface area (Å²) >= 11 is 0. The number of nitrogens with zero attached hydrogens (tertiary/aromatic N) is 4. The van der Waals surface area contributed by atoms with E-state index in [1.807, 2.05) is 53.1 Å². The molecular weight excluding hydrogens is 364 g/mol. The number of rotatable bonds is 6. The van der Waals surface area contributed by atoms with Gasteiger partial charge in [-0.3, -0.25) is 4.99 Å². The fourth-order valence-corrected chi connectivity index (χ4v) is 3.03. The molecule has 0 fully saturated rings. The molecule has 4 aromatic rings. The molecule has 0 spiro atoms. The molecule has 0 amide bonds. The predicted octanol–water partition coefficient (Wildman–Crippen LogP) is 3.21. The van der Waals surface area contributed by atoms with E-state index in [4.69, 9.17) is 4.42 Å². The van der Waals surface area contributed by atoms with Gasteiger partial charge in [-0.25, -0.2) is 9.97 Å². The number of fused-ring (bicyclic) bond motifs is 1. The van der Waals surface area contributed by atoms with Crippen molar-refractivity contribution in [2.24, 2.45) is 4.99 Å². The normalized spacial score (nSPS) is 11.7. The molecule has 0 radical (unpaired) electrons. The first-order valence-electron chi connectivity index (χ1n) is 9.60. The Morgan fingerprint density at radius 1 is 1.07 bits per heavy atom. The van der Waals surface area contributed by atoms with E-state index < -0.39 is 0 Å². The van der Waals surface area contributed by atoms with Gasteiger partial charge in [0.2, 0.25) is 5.89 Å². The van der Waals surface area contributed by atoms with Crippen molar-refractivity contribution in [3.63, 3.8) is 0 Å². The SMILES string of the molecule is CN=C(NCCc1cn2ccccc2n1)NCc1coc(-c2ccc(C)cc2)n1. The van der Waals surface area contributed by atoms with E-state index in [-0.39, 0.29) is 0 Å². The lowest BCUT2D eigenvalue weighted by atomic mass is 10.1. The van der Waals surface area contributed by atoms with Gasteiger partial charge in [0.25, 0.3) is 0 Å². The third-order valence-electron chi connectivity index (χ3n) is 4.60. The summed E-state index contributed by atoms with van der Waals surface area (Å²) in [5, 5.41) is 6.57. The van der Waals surface area contributed by atoms with Crippen LogP contribution in [0.15, 0.2) is 70.5 Å². The maximum atomic E-state index is 5.60. The molecule has 2 N–H and O–H groups in total. The fourth-order valence-electron chi connectivity index (χ4n) is 3.03. The molecule has 3 heterocycles. The number of hydrogen-bond acceptors (Lipinski definition) is 4. The van der Waals surface area contributed by atoms with E-state index in [0.29, 0.717) is 18.4 Å². The average molecular weight is 388 g/mol. The van der Waals surface area contributed by atoms with Crippen molar-refractivity contribution in [2.75, 3.05) is 13.6 Å². The maximum Gasteiger partial charge on any atom is 0.226 e. The Balaban J connectivity index is 1.28. The number of benzene rings is 1. The molecule has 0 unspecified atom stereocenters. The molecule has 148 valence electrons. The van der Waals surface area contributed by atoms with Gasteiger partial charge in [0, 0.05) is 38.0 Å². The van der Waals surface area contributed by atoms with Crippen LogP contribution < -0.4 is 10.6 Å². The quantitative estimate of drug-likeness (QED) is 0.392. The average Bonchev–Trinajstić information content (AvgIpc) is 3.37. The van der Waals surface area contributed by atoms with Gasteiger partial charge < -0.3 is 19.5 Å². The highest BCUT2D eigenvalue weighted by Crippen LogP contribution is 2.18. The molecule has 0 aliphatic heterocycles. The van der Waals surface area contributed by atoms with Crippen molar-refractivity contribution < 1.29 is 4.42 Å². The van der Waals surface area contributed by atoms with Crippen LogP contribution in [0.1, 0.15) is 17.0 Å². The van der Waals surface area contributed by atoms with Gasteiger partial charge in [0.1, 0.15) is 11.9 Å². The molecule has 0 saturated carbocycles. The van der Waals surface area contributed by atoms with Crippen LogP contribution in [0.3, 0.4) is 0 Å². The third kappa shape index (κ3) is 4.63. The zero-order valence-electron chi connectivity index (χ0n) is 16.6. The van der Waals surface area contributed by atoms with Crippen LogP contribution in [-0.2, 0) is 13.0 Å². The van der Waals surface area contributed by atoms with Gasteiger partial charge in [-0.2, -0.15) is 0 Å². The van der Waals surface area contributed by atoms with Crippen molar-refractivity contribution in [1.82, 2.24) is 25.0 Å². The lowest BCUT2D eigenvalue weighted by Gasteiger charge is -2.09. The number of nitrogens with one attached hydrogen (secondary N) is 2. The Bertz CT molecular complexity index is 1080. The van der Waals surface area contributed by atoms with Crippen molar-refractivity contribution in [3.8, 4) is 11.5 Å². The highest BCUT2D eigenvalue weighted by Gasteiger charge is 2.08. The molecule has 7 nitrogen and oxygen atoms in total. The first-order valence-corrected chi connectivity index (χ1v) is 9.60. The second kappa shape index (κ2) is 8.60. The summed E-state index contributed by atoms with van der Waals surface area (Å²) in [5.74, 6) is 1.34. The number of imidazole rings is 1. The summed E-state index contributed by atoms with van der Waals surface area (Å²) in [6, 6.07) is 14.1. The van der Waals surface area contributed by atoms with Gasteiger partial charge >= 0.3 is 0 Å². The Kier molecular flexibility index (Phi) is 5.56. The summed E-state index contributed by atoms with van der Waals surface area (Å²) in [6.07, 6.45) is 6.54. The Morgan fingerprint density at radius 3 is 2.72 bits per heavy atom. The number of pyridine rings is 1. The number of oxazole rings is 1. The number of guanidine groups is 1. The van der Waals surface area contributed by atoms with Crippen LogP contribution in [0.25, 0.3) is 17.1 Å². The van der Waals surface area contributed by atoms with E-state index in [0.717, 1.165) is 35.6 Å². The minimum absolute atomic E-state index is 0.531. The monoisotopic (exact) mass is 388 g/mol. The van der Waals surface area contributed by atoms with Crippen molar-refractivity contribution in [3.05, 3.63) is 78.1 Å². The highest BCUT2D eigenvalue weighted by atomic mass is 16.3. The number of aryl methyl sites for hydroxylation is 1. The third-order valence-corrected chi connectivity index (χ3v) is 4.60. The number of aliphatic imine (C=N–C) groups is 1. The first kappa shape index (κ1) is 18.7. The molecule has 4 rings (SSSR count). The van der Waals surface area contributed by atoms with Crippen molar-refractivity contribution in [1.29, 1.82) is 0 Å². The summed E-state index contributed by atoms with van der Waals surface area (Å²) < 4.78 is 7.63. The van der Waals surface area contributed by atoms with Gasteiger partial charge in [-0.15, -0.1) is 0 Å². The predicted molar refractivity (Wildman–Crippen MR) is 114 cm³/mol. The minimum atomic E-state index is 0.531. The summed E-state index contributed by atoms with van der Waals surface area (Å²) in [7, 11) is 1.75. The molecule has 0 atom stereocenters. The zero-order valence-corrected chi connectivity index (χ0v) is 16.6. The van der Waals surface area contributed by atoms with E-state index in [1.54, 1.807) is 13.3 Å². The molecule has 0 aliphatic rings. The van der Waals surface area contributed by atoms with E-state index in [1.165, 1.54) is 5.56 Å². The highest BCUT2D eigenvalue weighted by molar-refractivity contribution is 5.79. The Labute approximate surface area is 169 Å². The molecule has 29 heavy (non-hydrogen) atoms. The van der Waals surface area contributed by atoms with Crippen LogP contribution in [0.2, 0.25) is 0 Å². The van der Waals surface area contributed by atoms with Gasteiger partial charge in [0.05, 0.1) is 17.9 Å². The van der Waals surface area contributed by atoms with Crippen LogP contribution in [0.5, 0.6) is 0 Å². The fraction of sp³-hybridized carbons (Fsp3) is 0.227. The lowest BCUT2D eigenvalue weighted by molar-refractivity contribution is 0.572. The maximum absolute atomic E-state index is 5.60. The molecule has 0 aliphatic carbocycles. The molecule has 1 aromatic carbocycles. The molecule has 7 heteroatoms. The van der Waals surface area contributed by atoms with Gasteiger partial charge in [-0.05, 0) is 31.2 Å². The Morgan fingerprint density at radius 2 is 1.93 bits per heavy atom. The van der Waals surface area contributed by atoms with E-state index >= 15 is 0 Å². The summed E-state index contributed by atoms with van der Waals surface area (Å²) in [6.45, 7) is 3.32. The first-order chi connectivity index (χ1) is 14.2. The molecule has 0 saturated heterocycles. The molecular formula is C22H24N6O. The van der Waals surface area contributed by atoms with E-state index in [9.17, 15) is 0 Å². The molecule has 3 aromatic heterocycles. The smallest absolute Gasteiger partial charge is 0.226 e. The second-order valence-electron chi connectivity index (χ2n) is 6.81.